The minimum atomic E-state index is -3.79. The third-order valence-electron chi connectivity index (χ3n) is 2.60. The van der Waals surface area contributed by atoms with Gasteiger partial charge >= 0.3 is 0 Å². The van der Waals surface area contributed by atoms with E-state index in [2.05, 4.69) is 21.2 Å². The van der Waals surface area contributed by atoms with Gasteiger partial charge in [-0.2, -0.15) is 0 Å². The van der Waals surface area contributed by atoms with Crippen molar-refractivity contribution in [3.8, 4) is 0 Å². The third kappa shape index (κ3) is 4.04. The maximum atomic E-state index is 12.1. The number of hydrogen-bond donors (Lipinski definition) is 2. The van der Waals surface area contributed by atoms with Crippen molar-refractivity contribution in [2.75, 3.05) is 5.32 Å². The summed E-state index contributed by atoms with van der Waals surface area (Å²) in [5.41, 5.74) is 0.817. The van der Waals surface area contributed by atoms with Crippen LogP contribution in [-0.4, -0.2) is 14.3 Å². The number of amides is 1. The molecule has 0 aliphatic carbocycles. The fourth-order valence-electron chi connectivity index (χ4n) is 1.60. The Bertz CT molecular complexity index is 809. The second-order valence-corrected chi connectivity index (χ2v) is 7.00. The summed E-state index contributed by atoms with van der Waals surface area (Å²) in [6, 6.07) is 10.6. The van der Waals surface area contributed by atoms with Crippen LogP contribution in [-0.2, 0) is 10.0 Å². The molecule has 2 aromatic rings. The molecular formula is C13H10BrClN2O3S. The van der Waals surface area contributed by atoms with E-state index in [0.29, 0.717) is 20.7 Å². The maximum Gasteiger partial charge on any atom is 0.255 e. The molecule has 0 heterocycles. The number of benzene rings is 2. The van der Waals surface area contributed by atoms with Crippen molar-refractivity contribution in [3.05, 3.63) is 57.5 Å². The van der Waals surface area contributed by atoms with Crippen LogP contribution in [0.2, 0.25) is 5.02 Å². The van der Waals surface area contributed by atoms with Crippen LogP contribution in [0.3, 0.4) is 0 Å². The lowest BCUT2D eigenvalue weighted by molar-refractivity contribution is 0.102. The van der Waals surface area contributed by atoms with E-state index in [4.69, 9.17) is 16.7 Å². The summed E-state index contributed by atoms with van der Waals surface area (Å²) in [5.74, 6) is -0.360. The van der Waals surface area contributed by atoms with Crippen LogP contribution in [0.15, 0.2) is 51.8 Å². The second-order valence-electron chi connectivity index (χ2n) is 4.15. The number of sulfonamides is 1. The molecule has 0 spiro atoms. The fourth-order valence-corrected chi connectivity index (χ4v) is 2.96. The highest BCUT2D eigenvalue weighted by atomic mass is 79.9. The van der Waals surface area contributed by atoms with E-state index in [1.165, 1.54) is 24.3 Å². The standard InChI is InChI=1S/C13H10BrClN2O3S/c14-11-7-10(21(16,19)20)4-5-12(11)17-13(18)8-2-1-3-9(15)6-8/h1-7H,(H,17,18)(H2,16,19,20). The molecule has 0 unspecified atom stereocenters. The van der Waals surface area contributed by atoms with E-state index in [0.717, 1.165) is 0 Å². The van der Waals surface area contributed by atoms with Crippen molar-refractivity contribution in [3.63, 3.8) is 0 Å². The Morgan fingerprint density at radius 2 is 1.90 bits per heavy atom. The van der Waals surface area contributed by atoms with Crippen molar-refractivity contribution in [1.82, 2.24) is 0 Å². The Kier molecular flexibility index (Phi) is 4.67. The molecule has 0 fully saturated rings. The van der Waals surface area contributed by atoms with E-state index >= 15 is 0 Å². The molecule has 0 aromatic heterocycles. The average Bonchev–Trinajstić information content (AvgIpc) is 2.39. The highest BCUT2D eigenvalue weighted by molar-refractivity contribution is 9.10. The van der Waals surface area contributed by atoms with Gasteiger partial charge in [-0.05, 0) is 52.3 Å². The summed E-state index contributed by atoms with van der Waals surface area (Å²) in [7, 11) is -3.79. The number of carbonyl (C=O) groups is 1. The summed E-state index contributed by atoms with van der Waals surface area (Å²) in [4.78, 5) is 12.0. The molecule has 3 N–H and O–H groups in total. The van der Waals surface area contributed by atoms with Crippen LogP contribution in [0.4, 0.5) is 5.69 Å². The van der Waals surface area contributed by atoms with Crippen molar-refractivity contribution in [1.29, 1.82) is 0 Å². The van der Waals surface area contributed by atoms with Gasteiger partial charge in [-0.1, -0.05) is 17.7 Å². The number of halogens is 2. The largest absolute Gasteiger partial charge is 0.321 e. The Morgan fingerprint density at radius 1 is 1.19 bits per heavy atom. The normalized spacial score (nSPS) is 11.2. The predicted molar refractivity (Wildman–Crippen MR) is 84.9 cm³/mol. The molecule has 0 saturated heterocycles. The number of rotatable bonds is 3. The number of hydrogen-bond acceptors (Lipinski definition) is 3. The molecule has 21 heavy (non-hydrogen) atoms. The first-order valence-electron chi connectivity index (χ1n) is 5.66. The molecule has 0 radical (unpaired) electrons. The molecule has 0 atom stereocenters. The topological polar surface area (TPSA) is 89.3 Å². The van der Waals surface area contributed by atoms with Gasteiger partial charge in [-0.25, -0.2) is 13.6 Å². The third-order valence-corrected chi connectivity index (χ3v) is 4.41. The molecule has 0 saturated carbocycles. The van der Waals surface area contributed by atoms with Crippen LogP contribution in [0.5, 0.6) is 0 Å². The minimum Gasteiger partial charge on any atom is -0.321 e. The highest BCUT2D eigenvalue weighted by Crippen LogP contribution is 2.26. The molecule has 2 rings (SSSR count). The number of anilines is 1. The van der Waals surface area contributed by atoms with Gasteiger partial charge in [0.2, 0.25) is 10.0 Å². The molecule has 2 aromatic carbocycles. The molecule has 110 valence electrons. The Labute approximate surface area is 135 Å². The molecular weight excluding hydrogens is 380 g/mol. The lowest BCUT2D eigenvalue weighted by Gasteiger charge is -2.09. The molecule has 0 aliphatic rings. The minimum absolute atomic E-state index is 0.0462. The van der Waals surface area contributed by atoms with E-state index in [-0.39, 0.29) is 10.8 Å². The Balaban J connectivity index is 2.26. The predicted octanol–water partition coefficient (Wildman–Crippen LogP) is 3.00. The van der Waals surface area contributed by atoms with Gasteiger partial charge in [0.05, 0.1) is 10.6 Å². The van der Waals surface area contributed by atoms with E-state index in [9.17, 15) is 13.2 Å². The summed E-state index contributed by atoms with van der Waals surface area (Å²) < 4.78 is 22.9. The summed E-state index contributed by atoms with van der Waals surface area (Å²) in [6.07, 6.45) is 0. The molecule has 0 bridgehead atoms. The van der Waals surface area contributed by atoms with Gasteiger partial charge in [0, 0.05) is 15.1 Å². The van der Waals surface area contributed by atoms with Crippen LogP contribution < -0.4 is 10.5 Å². The van der Waals surface area contributed by atoms with E-state index in [1.807, 2.05) is 0 Å². The van der Waals surface area contributed by atoms with Crippen LogP contribution in [0.25, 0.3) is 0 Å². The average molecular weight is 390 g/mol. The highest BCUT2D eigenvalue weighted by Gasteiger charge is 2.13. The zero-order valence-electron chi connectivity index (χ0n) is 10.5. The zero-order valence-corrected chi connectivity index (χ0v) is 13.7. The Morgan fingerprint density at radius 3 is 2.48 bits per heavy atom. The second kappa shape index (κ2) is 6.15. The van der Waals surface area contributed by atoms with Crippen LogP contribution >= 0.6 is 27.5 Å². The van der Waals surface area contributed by atoms with Gasteiger partial charge < -0.3 is 5.32 Å². The van der Waals surface area contributed by atoms with Crippen molar-refractivity contribution < 1.29 is 13.2 Å². The lowest BCUT2D eigenvalue weighted by Crippen LogP contribution is -2.14. The first-order chi connectivity index (χ1) is 9.77. The molecule has 1 amide bonds. The quantitative estimate of drug-likeness (QED) is 0.845. The fraction of sp³-hybridized carbons (Fsp3) is 0. The van der Waals surface area contributed by atoms with Gasteiger partial charge in [0.25, 0.3) is 5.91 Å². The van der Waals surface area contributed by atoms with Gasteiger partial charge in [0.15, 0.2) is 0 Å². The van der Waals surface area contributed by atoms with Crippen molar-refractivity contribution >= 4 is 49.1 Å². The number of carbonyl (C=O) groups excluding carboxylic acids is 1. The molecule has 5 nitrogen and oxygen atoms in total. The van der Waals surface area contributed by atoms with Crippen molar-refractivity contribution in [2.24, 2.45) is 5.14 Å². The monoisotopic (exact) mass is 388 g/mol. The maximum absolute atomic E-state index is 12.1. The van der Waals surface area contributed by atoms with Gasteiger partial charge in [-0.15, -0.1) is 0 Å². The van der Waals surface area contributed by atoms with Gasteiger partial charge in [-0.3, -0.25) is 4.79 Å². The first-order valence-corrected chi connectivity index (χ1v) is 8.38. The lowest BCUT2D eigenvalue weighted by atomic mass is 10.2. The SMILES string of the molecule is NS(=O)(=O)c1ccc(NC(=O)c2cccc(Cl)c2)c(Br)c1. The van der Waals surface area contributed by atoms with Crippen LogP contribution in [0, 0.1) is 0 Å². The summed E-state index contributed by atoms with van der Waals surface area (Å²) >= 11 is 9.02. The smallest absolute Gasteiger partial charge is 0.255 e. The summed E-state index contributed by atoms with van der Waals surface area (Å²) in [6.45, 7) is 0. The molecule has 0 aliphatic heterocycles. The zero-order chi connectivity index (χ0) is 15.6. The number of nitrogens with two attached hydrogens (primary N) is 1. The first kappa shape index (κ1) is 16.0. The number of nitrogens with one attached hydrogen (secondary N) is 1. The summed E-state index contributed by atoms with van der Waals surface area (Å²) in [5, 5.41) is 8.14. The van der Waals surface area contributed by atoms with E-state index < -0.39 is 10.0 Å². The van der Waals surface area contributed by atoms with Gasteiger partial charge in [0.1, 0.15) is 0 Å². The van der Waals surface area contributed by atoms with Crippen molar-refractivity contribution in [2.45, 2.75) is 4.90 Å². The molecule has 8 heteroatoms. The number of primary sulfonamides is 1. The van der Waals surface area contributed by atoms with E-state index in [1.54, 1.807) is 18.2 Å². The Hall–Kier alpha value is -1.41. The van der Waals surface area contributed by atoms with Crippen LogP contribution in [0.1, 0.15) is 10.4 Å².